The van der Waals surface area contributed by atoms with Gasteiger partial charge in [0, 0.05) is 131 Å². The van der Waals surface area contributed by atoms with Crippen molar-refractivity contribution in [2.45, 2.75) is 100 Å². The summed E-state index contributed by atoms with van der Waals surface area (Å²) in [6.45, 7) is 5.63. The second kappa shape index (κ2) is 37.2. The van der Waals surface area contributed by atoms with E-state index in [-0.39, 0.29) is 77.9 Å². The summed E-state index contributed by atoms with van der Waals surface area (Å²) in [6, 6.07) is 68.2. The lowest BCUT2D eigenvalue weighted by Gasteiger charge is -2.23. The quantitative estimate of drug-likeness (QED) is 0.0405. The van der Waals surface area contributed by atoms with Crippen molar-refractivity contribution in [2.75, 3.05) is 6.61 Å². The SMILES string of the molecule is CC(=O)CCc1cccc(CN(Cc2ccc(-c3ccccn3)cc2)S(=O)(=O)c2cccnc2)c1.CC(=O)CCc1cccc(CN(Cc2ccc(-c3ncccn3)cc2)S(=O)(=O)c2cccnc2)c1.CC(=O)COc1cccc(CN(Cc2ccc(-c3ccccn3)cc2)S(=O)(=O)c2cccnc2)c1. The Morgan fingerprint density at radius 1 is 0.324 bits per heavy atom. The minimum absolute atomic E-state index is 0.0379. The summed E-state index contributed by atoms with van der Waals surface area (Å²) >= 11 is 0. The molecule has 0 spiro atoms. The molecule has 0 aliphatic carbocycles. The molecule has 0 saturated heterocycles. The van der Waals surface area contributed by atoms with Gasteiger partial charge < -0.3 is 14.3 Å². The lowest BCUT2D eigenvalue weighted by atomic mass is 10.0. The van der Waals surface area contributed by atoms with Crippen molar-refractivity contribution in [3.63, 3.8) is 0 Å². The minimum atomic E-state index is -3.83. The normalized spacial score (nSPS) is 11.4. The lowest BCUT2D eigenvalue weighted by molar-refractivity contribution is -0.119. The fraction of sp³-hybridized carbons (Fsp3) is 0.171. The van der Waals surface area contributed by atoms with Crippen LogP contribution in [0.5, 0.6) is 5.75 Å². The smallest absolute Gasteiger partial charge is 0.245 e. The summed E-state index contributed by atoms with van der Waals surface area (Å²) in [5.41, 5.74) is 11.5. The van der Waals surface area contributed by atoms with E-state index >= 15 is 0 Å². The molecule has 0 aliphatic heterocycles. The molecule has 6 heterocycles. The van der Waals surface area contributed by atoms with Crippen molar-refractivity contribution >= 4 is 47.4 Å². The van der Waals surface area contributed by atoms with Crippen LogP contribution in [0.2, 0.25) is 0 Å². The second-order valence-electron chi connectivity index (χ2n) is 24.7. The standard InChI is InChI=1S/C28H27N3O3S.C27H26N4O3S.C27H25N3O4S/c1-22(32)10-11-23-6-4-7-25(18-23)21-31(35(33,34)27-8-5-16-29-19-27)20-24-12-14-26(15-13-24)28-9-2-3-17-30-28;1-21(32)8-9-22-5-2-6-24(17-22)20-31(35(33,34)26-7-3-14-28-18-26)19-23-10-12-25(13-11-23)27-29-15-4-16-30-27;1-21(31)20-34-25-7-4-6-23(16-25)19-30(35(32,33)26-8-5-14-28-17-26)18-22-10-12-24(13-11-22)27-9-2-3-15-29-27/h2-9,12-19H,10-11,20-21H2,1H3;2-7,10-18H,8-9,19-20H2,1H3;2-17H,18-20H2,1H3. The van der Waals surface area contributed by atoms with E-state index in [0.717, 1.165) is 72.6 Å². The zero-order valence-corrected chi connectivity index (χ0v) is 60.6. The summed E-state index contributed by atoms with van der Waals surface area (Å²) in [5, 5.41) is 0. The van der Waals surface area contributed by atoms with Crippen LogP contribution < -0.4 is 4.74 Å². The highest BCUT2D eigenvalue weighted by molar-refractivity contribution is 7.89. The number of rotatable bonds is 30. The Morgan fingerprint density at radius 3 is 1.03 bits per heavy atom. The maximum Gasteiger partial charge on any atom is 0.245 e. The van der Waals surface area contributed by atoms with Crippen molar-refractivity contribution < 1.29 is 44.4 Å². The fourth-order valence-electron chi connectivity index (χ4n) is 11.0. The number of benzene rings is 6. The number of aromatic nitrogens is 7. The van der Waals surface area contributed by atoms with Crippen LogP contribution in [0, 0.1) is 0 Å². The third-order valence-electron chi connectivity index (χ3n) is 16.4. The lowest BCUT2D eigenvalue weighted by Crippen LogP contribution is -2.30. The molecule has 0 N–H and O–H groups in total. The average Bonchev–Trinajstić information content (AvgIpc) is 0.811. The van der Waals surface area contributed by atoms with Gasteiger partial charge in [0.1, 0.15) is 38.6 Å². The molecule has 6 aromatic heterocycles. The van der Waals surface area contributed by atoms with Crippen LogP contribution in [0.4, 0.5) is 0 Å². The average molecular weight is 1460 g/mol. The number of pyridine rings is 5. The number of sulfonamides is 3. The molecule has 0 radical (unpaired) electrons. The van der Waals surface area contributed by atoms with E-state index in [1.54, 1.807) is 106 Å². The number of carbonyl (C=O) groups excluding carboxylic acids is 3. The Balaban J connectivity index is 0.000000169. The second-order valence-corrected chi connectivity index (χ2v) is 30.5. The van der Waals surface area contributed by atoms with Gasteiger partial charge in [-0.05, 0) is 157 Å². The van der Waals surface area contributed by atoms with Gasteiger partial charge in [0.2, 0.25) is 30.1 Å². The highest BCUT2D eigenvalue weighted by Crippen LogP contribution is 2.28. The zero-order valence-electron chi connectivity index (χ0n) is 58.2. The molecule has 12 aromatic rings. The molecule has 12 rings (SSSR count). The molecule has 0 bridgehead atoms. The zero-order chi connectivity index (χ0) is 74.0. The first-order valence-electron chi connectivity index (χ1n) is 33.7. The highest BCUT2D eigenvalue weighted by Gasteiger charge is 2.29. The molecule has 0 fully saturated rings. The number of ketones is 3. The molecule has 0 saturated carbocycles. The predicted molar refractivity (Wildman–Crippen MR) is 402 cm³/mol. The van der Waals surface area contributed by atoms with Gasteiger partial charge in [0.05, 0.1) is 11.4 Å². The van der Waals surface area contributed by atoms with Crippen LogP contribution in [0.25, 0.3) is 33.9 Å². The predicted octanol–water partition coefficient (Wildman–Crippen LogP) is 14.0. The van der Waals surface area contributed by atoms with Gasteiger partial charge in [-0.3, -0.25) is 29.7 Å². The van der Waals surface area contributed by atoms with Crippen LogP contribution in [0.1, 0.15) is 78.1 Å². The van der Waals surface area contributed by atoms with E-state index < -0.39 is 30.1 Å². The Hall–Kier alpha value is -11.3. The van der Waals surface area contributed by atoms with Crippen LogP contribution in [0.15, 0.2) is 301 Å². The number of ether oxygens (including phenoxy) is 1. The number of nitrogens with zero attached hydrogens (tertiary/aromatic N) is 10. The molecule has 534 valence electrons. The van der Waals surface area contributed by atoms with Crippen molar-refractivity contribution in [2.24, 2.45) is 0 Å². The Bertz CT molecular complexity index is 4650. The molecule has 6 aromatic carbocycles. The molecule has 0 amide bonds. The van der Waals surface area contributed by atoms with E-state index in [1.807, 2.05) is 164 Å². The van der Waals surface area contributed by atoms with Crippen LogP contribution in [0.3, 0.4) is 0 Å². The van der Waals surface area contributed by atoms with Gasteiger partial charge in [-0.2, -0.15) is 12.9 Å². The Kier molecular flexibility index (Phi) is 27.1. The minimum Gasteiger partial charge on any atom is -0.486 e. The van der Waals surface area contributed by atoms with Crippen molar-refractivity contribution in [1.82, 2.24) is 47.8 Å². The van der Waals surface area contributed by atoms with Crippen molar-refractivity contribution in [3.05, 3.63) is 331 Å². The molecule has 0 unspecified atom stereocenters. The van der Waals surface area contributed by atoms with Crippen molar-refractivity contribution in [3.8, 4) is 39.7 Å². The number of aryl methyl sites for hydroxylation is 2. The van der Waals surface area contributed by atoms with Gasteiger partial charge >= 0.3 is 0 Å². The number of Topliss-reactive ketones (excluding diaryl/α,β-unsaturated/α-hetero) is 3. The van der Waals surface area contributed by atoms with Crippen LogP contribution in [-0.2, 0) is 96.6 Å². The summed E-state index contributed by atoms with van der Waals surface area (Å²) in [5.74, 6) is 1.29. The summed E-state index contributed by atoms with van der Waals surface area (Å²) in [6.07, 6.45) is 17.7. The molecular formula is C82H78N10O10S3. The third-order valence-corrected chi connectivity index (χ3v) is 21.8. The van der Waals surface area contributed by atoms with E-state index in [1.165, 1.54) is 50.7 Å². The van der Waals surface area contributed by atoms with Gasteiger partial charge in [-0.15, -0.1) is 0 Å². The molecule has 0 aliphatic rings. The molecular weight excluding hydrogens is 1380 g/mol. The van der Waals surface area contributed by atoms with Crippen LogP contribution >= 0.6 is 0 Å². The van der Waals surface area contributed by atoms with Gasteiger partial charge in [-0.1, -0.05) is 146 Å². The first kappa shape index (κ1) is 76.3. The number of carbonyl (C=O) groups is 3. The molecule has 23 heteroatoms. The van der Waals surface area contributed by atoms with Crippen molar-refractivity contribution in [1.29, 1.82) is 0 Å². The third kappa shape index (κ3) is 22.6. The number of hydrogen-bond acceptors (Lipinski definition) is 17. The molecule has 0 atom stereocenters. The van der Waals surface area contributed by atoms with E-state index in [2.05, 4.69) is 34.9 Å². The van der Waals surface area contributed by atoms with E-state index in [0.29, 0.717) is 37.3 Å². The van der Waals surface area contributed by atoms with Crippen LogP contribution in [-0.4, -0.2) is 97.0 Å². The fourth-order valence-corrected chi connectivity index (χ4v) is 15.2. The van der Waals surface area contributed by atoms with Gasteiger partial charge in [-0.25, -0.2) is 35.2 Å². The monoisotopic (exact) mass is 1460 g/mol. The van der Waals surface area contributed by atoms with Gasteiger partial charge in [0.15, 0.2) is 11.6 Å². The summed E-state index contributed by atoms with van der Waals surface area (Å²) in [7, 11) is -11.4. The topological polar surface area (TPSA) is 263 Å². The maximum absolute atomic E-state index is 13.6. The van der Waals surface area contributed by atoms with Gasteiger partial charge in [0.25, 0.3) is 0 Å². The summed E-state index contributed by atoms with van der Waals surface area (Å²) < 4.78 is 91.1. The van der Waals surface area contributed by atoms with E-state index in [4.69, 9.17) is 4.74 Å². The summed E-state index contributed by atoms with van der Waals surface area (Å²) in [4.78, 5) is 63.7. The number of hydrogen-bond donors (Lipinski definition) is 0. The first-order valence-corrected chi connectivity index (χ1v) is 38.0. The Morgan fingerprint density at radius 2 is 0.676 bits per heavy atom. The Labute approximate surface area is 613 Å². The highest BCUT2D eigenvalue weighted by atomic mass is 32.2. The first-order chi connectivity index (χ1) is 50.7. The van der Waals surface area contributed by atoms with E-state index in [9.17, 15) is 39.6 Å². The molecule has 20 nitrogen and oxygen atoms in total. The largest absolute Gasteiger partial charge is 0.486 e. The molecule has 105 heavy (non-hydrogen) atoms. The maximum atomic E-state index is 13.6.